The molecule has 0 bridgehead atoms. The summed E-state index contributed by atoms with van der Waals surface area (Å²) in [6.07, 6.45) is 0. The molecular weight excluding hydrogens is 109 g/mol. The van der Waals surface area contributed by atoms with Gasteiger partial charge in [0.15, 0.2) is 0 Å². The summed E-state index contributed by atoms with van der Waals surface area (Å²) >= 11 is 0. The van der Waals surface area contributed by atoms with E-state index in [-0.39, 0.29) is 0 Å². The van der Waals surface area contributed by atoms with Crippen LogP contribution < -0.4 is 0 Å². The highest BCUT2D eigenvalue weighted by atomic mass is 31.2. The fourth-order valence-electron chi connectivity index (χ4n) is 0.120. The first kappa shape index (κ1) is 6.74. The molecule has 0 saturated heterocycles. The van der Waals surface area contributed by atoms with E-state index in [1.54, 1.807) is 0 Å². The van der Waals surface area contributed by atoms with Crippen LogP contribution in [0.5, 0.6) is 0 Å². The minimum Gasteiger partial charge on any atom is -0.000366 e. The van der Waals surface area contributed by atoms with E-state index in [0.717, 1.165) is 0 Å². The van der Waals surface area contributed by atoms with Gasteiger partial charge in [0, 0.05) is 4.91 Å². The van der Waals surface area contributed by atoms with Crippen molar-refractivity contribution >= 4 is 7.41 Å². The number of azide groups is 1. The van der Waals surface area contributed by atoms with Crippen LogP contribution in [0.3, 0.4) is 0 Å². The fraction of sp³-hybridized carbons (Fsp3) is 1.00. The van der Waals surface area contributed by atoms with E-state index in [0.29, 0.717) is 0 Å². The van der Waals surface area contributed by atoms with Gasteiger partial charge in [-0.25, -0.2) is 0 Å². The lowest BCUT2D eigenvalue weighted by molar-refractivity contribution is 1.67. The molecule has 0 aromatic rings. The Kier molecular flexibility index (Phi) is 2.07. The van der Waals surface area contributed by atoms with Crippen molar-refractivity contribution in [3.63, 3.8) is 0 Å². The van der Waals surface area contributed by atoms with Crippen molar-refractivity contribution in [2.24, 2.45) is 4.88 Å². The van der Waals surface area contributed by atoms with Gasteiger partial charge in [0.05, 0.1) is 24.9 Å². The molecule has 0 atom stereocenters. The Balaban J connectivity index is 3.80. The lowest BCUT2D eigenvalue weighted by atomic mass is 11.9. The maximum Gasteiger partial charge on any atom is 0.117 e. The molecule has 0 aromatic heterocycles. The van der Waals surface area contributed by atoms with Crippen molar-refractivity contribution in [1.82, 2.24) is 0 Å². The van der Waals surface area contributed by atoms with E-state index >= 15 is 0 Å². The monoisotopic (exact) mass is 118 g/mol. The van der Waals surface area contributed by atoms with Gasteiger partial charge in [-0.1, -0.05) is 0 Å². The average Bonchev–Trinajstić information content (AvgIpc) is 1.30. The SMILES string of the molecule is C[P+](C)(C)N=[N+]=[N-]. The first-order valence-corrected chi connectivity index (χ1v) is 5.02. The molecule has 0 rings (SSSR count). The van der Waals surface area contributed by atoms with Gasteiger partial charge < -0.3 is 0 Å². The molecule has 3 nitrogen and oxygen atoms in total. The average molecular weight is 118 g/mol. The van der Waals surface area contributed by atoms with Crippen LogP contribution in [0.15, 0.2) is 4.88 Å². The molecule has 0 unspecified atom stereocenters. The standard InChI is InChI=1S/C3H9N3P/c1-7(2,3)6-5-4/h1-3H3/q+1. The third-order valence-electron chi connectivity index (χ3n) is 0.308. The zero-order valence-electron chi connectivity index (χ0n) is 4.79. The highest BCUT2D eigenvalue weighted by Gasteiger charge is 2.13. The molecule has 0 fully saturated rings. The molecule has 0 aromatic carbocycles. The fourth-order valence-corrected chi connectivity index (χ4v) is 0.360. The van der Waals surface area contributed by atoms with Gasteiger partial charge in [-0.2, -0.15) is 0 Å². The van der Waals surface area contributed by atoms with Crippen LogP contribution in [-0.4, -0.2) is 20.0 Å². The van der Waals surface area contributed by atoms with Crippen molar-refractivity contribution in [1.29, 1.82) is 0 Å². The number of hydrogen-bond donors (Lipinski definition) is 0. The van der Waals surface area contributed by atoms with Crippen LogP contribution in [-0.2, 0) is 0 Å². The van der Waals surface area contributed by atoms with Crippen LogP contribution in [0.25, 0.3) is 10.4 Å². The molecule has 0 spiro atoms. The highest BCUT2D eigenvalue weighted by Crippen LogP contribution is 2.48. The smallest absolute Gasteiger partial charge is 0.000366 e. The Bertz CT molecular complexity index is 97.2. The third-order valence-corrected chi connectivity index (χ3v) is 0.925. The van der Waals surface area contributed by atoms with Crippen LogP contribution >= 0.6 is 7.41 Å². The molecule has 0 N–H and O–H groups in total. The lowest BCUT2D eigenvalue weighted by Gasteiger charge is -1.95. The molecule has 40 valence electrons. The van der Waals surface area contributed by atoms with Gasteiger partial charge in [-0.05, 0) is 5.53 Å². The molecule has 0 aliphatic rings. The second-order valence-electron chi connectivity index (χ2n) is 2.12. The minimum atomic E-state index is -1.21. The van der Waals surface area contributed by atoms with E-state index in [4.69, 9.17) is 5.53 Å². The maximum atomic E-state index is 7.89. The summed E-state index contributed by atoms with van der Waals surface area (Å²) in [6, 6.07) is 0. The number of rotatable bonds is 1. The minimum absolute atomic E-state index is 1.21. The van der Waals surface area contributed by atoms with Gasteiger partial charge in [0.1, 0.15) is 7.41 Å². The van der Waals surface area contributed by atoms with Crippen molar-refractivity contribution < 1.29 is 0 Å². The Morgan fingerprint density at radius 1 is 1.43 bits per heavy atom. The van der Waals surface area contributed by atoms with Crippen LogP contribution in [0, 0.1) is 0 Å². The summed E-state index contributed by atoms with van der Waals surface area (Å²) in [7, 11) is -1.21. The summed E-state index contributed by atoms with van der Waals surface area (Å²) in [5, 5.41) is 0. The van der Waals surface area contributed by atoms with Gasteiger partial charge in [-0.15, -0.1) is 0 Å². The van der Waals surface area contributed by atoms with Crippen molar-refractivity contribution in [2.75, 3.05) is 20.0 Å². The Morgan fingerprint density at radius 2 is 1.86 bits per heavy atom. The summed E-state index contributed by atoms with van der Waals surface area (Å²) in [5.74, 6) is 0. The Morgan fingerprint density at radius 3 is 1.86 bits per heavy atom. The molecule has 0 heterocycles. The predicted molar refractivity (Wildman–Crippen MR) is 33.8 cm³/mol. The second-order valence-corrected chi connectivity index (χ2v) is 6.18. The van der Waals surface area contributed by atoms with E-state index in [1.807, 2.05) is 20.0 Å². The van der Waals surface area contributed by atoms with Gasteiger partial charge in [0.2, 0.25) is 0 Å². The quantitative estimate of drug-likeness (QED) is 0.219. The summed E-state index contributed by atoms with van der Waals surface area (Å²) in [4.78, 5) is 6.23. The van der Waals surface area contributed by atoms with Crippen LogP contribution in [0.2, 0.25) is 0 Å². The Labute approximate surface area is 43.7 Å². The van der Waals surface area contributed by atoms with Gasteiger partial charge >= 0.3 is 0 Å². The highest BCUT2D eigenvalue weighted by molar-refractivity contribution is 7.72. The molecule has 0 radical (unpaired) electrons. The molecule has 0 aliphatic heterocycles. The molecular formula is C3H9N3P+. The van der Waals surface area contributed by atoms with Crippen molar-refractivity contribution in [3.8, 4) is 0 Å². The zero-order chi connectivity index (χ0) is 5.91. The van der Waals surface area contributed by atoms with Crippen molar-refractivity contribution in [2.45, 2.75) is 0 Å². The topological polar surface area (TPSA) is 48.8 Å². The molecule has 4 heteroatoms. The summed E-state index contributed by atoms with van der Waals surface area (Å²) in [6.45, 7) is 5.90. The van der Waals surface area contributed by atoms with Crippen LogP contribution in [0.4, 0.5) is 0 Å². The normalized spacial score (nSPS) is 10.1. The number of hydrogen-bond acceptors (Lipinski definition) is 1. The lowest BCUT2D eigenvalue weighted by Crippen LogP contribution is -1.72. The van der Waals surface area contributed by atoms with E-state index < -0.39 is 7.41 Å². The molecule has 0 amide bonds. The second kappa shape index (κ2) is 2.15. The van der Waals surface area contributed by atoms with Crippen LogP contribution in [0.1, 0.15) is 0 Å². The third kappa shape index (κ3) is 5.74. The summed E-state index contributed by atoms with van der Waals surface area (Å²) in [5.41, 5.74) is 7.89. The van der Waals surface area contributed by atoms with E-state index in [2.05, 4.69) is 9.80 Å². The van der Waals surface area contributed by atoms with Gasteiger partial charge in [-0.3, -0.25) is 0 Å². The maximum absolute atomic E-state index is 7.89. The largest absolute Gasteiger partial charge is 0.117 e. The van der Waals surface area contributed by atoms with Crippen molar-refractivity contribution in [3.05, 3.63) is 10.4 Å². The predicted octanol–water partition coefficient (Wildman–Crippen LogP) is 2.12. The van der Waals surface area contributed by atoms with E-state index in [9.17, 15) is 0 Å². The number of nitrogens with zero attached hydrogens (tertiary/aromatic N) is 3. The van der Waals surface area contributed by atoms with Gasteiger partial charge in [0.25, 0.3) is 0 Å². The first-order valence-electron chi connectivity index (χ1n) is 1.94. The first-order chi connectivity index (χ1) is 3.06. The molecule has 7 heavy (non-hydrogen) atoms. The summed E-state index contributed by atoms with van der Waals surface area (Å²) < 4.78 is 0. The molecule has 0 saturated carbocycles. The van der Waals surface area contributed by atoms with E-state index in [1.165, 1.54) is 0 Å². The molecule has 0 aliphatic carbocycles. The Hall–Kier alpha value is -0.260. The zero-order valence-corrected chi connectivity index (χ0v) is 5.68.